The van der Waals surface area contributed by atoms with Gasteiger partial charge in [-0.15, -0.1) is 6.42 Å². The maximum absolute atomic E-state index is 11.9. The van der Waals surface area contributed by atoms with Gasteiger partial charge in [0.05, 0.1) is 13.1 Å². The molecule has 0 heterocycles. The number of nitrogens with zero attached hydrogens (tertiary/aromatic N) is 1. The minimum atomic E-state index is -0.258. The van der Waals surface area contributed by atoms with E-state index >= 15 is 0 Å². The maximum Gasteiger partial charge on any atom is 0.251 e. The standard InChI is InChI=1S/C15H18N2O2/c1-3-10-17(11-4-2)14(18)12-16-15(19)13-8-6-5-7-9-13/h1,5-9H,4,10-12H2,2H3,(H,16,19). The minimum absolute atomic E-state index is 0.0323. The van der Waals surface area contributed by atoms with Crippen LogP contribution in [0.5, 0.6) is 0 Å². The smallest absolute Gasteiger partial charge is 0.251 e. The van der Waals surface area contributed by atoms with E-state index in [-0.39, 0.29) is 24.9 Å². The first-order valence-corrected chi connectivity index (χ1v) is 6.23. The van der Waals surface area contributed by atoms with Crippen LogP contribution in [0.1, 0.15) is 23.7 Å². The molecule has 0 unspecified atom stereocenters. The predicted molar refractivity (Wildman–Crippen MR) is 74.5 cm³/mol. The third-order valence-corrected chi connectivity index (χ3v) is 2.56. The molecule has 100 valence electrons. The van der Waals surface area contributed by atoms with E-state index in [4.69, 9.17) is 6.42 Å². The van der Waals surface area contributed by atoms with Crippen molar-refractivity contribution in [1.82, 2.24) is 10.2 Å². The van der Waals surface area contributed by atoms with E-state index in [1.165, 1.54) is 0 Å². The van der Waals surface area contributed by atoms with Gasteiger partial charge in [-0.05, 0) is 18.6 Å². The summed E-state index contributed by atoms with van der Waals surface area (Å²) in [5.41, 5.74) is 0.536. The second-order valence-corrected chi connectivity index (χ2v) is 4.07. The molecule has 0 aliphatic carbocycles. The van der Waals surface area contributed by atoms with Crippen molar-refractivity contribution in [3.63, 3.8) is 0 Å². The third kappa shape index (κ3) is 4.84. The molecule has 1 rings (SSSR count). The Morgan fingerprint density at radius 3 is 2.58 bits per heavy atom. The minimum Gasteiger partial charge on any atom is -0.343 e. The number of benzene rings is 1. The highest BCUT2D eigenvalue weighted by Crippen LogP contribution is 1.98. The Kier molecular flexibility index (Phi) is 6.17. The molecule has 1 aromatic carbocycles. The van der Waals surface area contributed by atoms with Crippen LogP contribution in [-0.4, -0.2) is 36.3 Å². The van der Waals surface area contributed by atoms with E-state index in [2.05, 4.69) is 11.2 Å². The Bertz CT molecular complexity index is 463. The molecule has 0 radical (unpaired) electrons. The van der Waals surface area contributed by atoms with Crippen molar-refractivity contribution in [3.8, 4) is 12.3 Å². The summed E-state index contributed by atoms with van der Waals surface area (Å²) in [6, 6.07) is 8.78. The lowest BCUT2D eigenvalue weighted by Crippen LogP contribution is -2.40. The van der Waals surface area contributed by atoms with Crippen molar-refractivity contribution >= 4 is 11.8 Å². The van der Waals surface area contributed by atoms with Crippen molar-refractivity contribution in [1.29, 1.82) is 0 Å². The fraction of sp³-hybridized carbons (Fsp3) is 0.333. The summed E-state index contributed by atoms with van der Waals surface area (Å²) in [5.74, 6) is 2.02. The van der Waals surface area contributed by atoms with E-state index in [1.54, 1.807) is 29.2 Å². The first kappa shape index (κ1) is 14.8. The van der Waals surface area contributed by atoms with E-state index in [0.717, 1.165) is 6.42 Å². The van der Waals surface area contributed by atoms with Crippen molar-refractivity contribution in [2.75, 3.05) is 19.6 Å². The van der Waals surface area contributed by atoms with Gasteiger partial charge in [0, 0.05) is 12.1 Å². The van der Waals surface area contributed by atoms with E-state index in [1.807, 2.05) is 13.0 Å². The molecule has 2 amide bonds. The molecule has 0 aliphatic rings. The maximum atomic E-state index is 11.9. The van der Waals surface area contributed by atoms with Gasteiger partial charge in [-0.1, -0.05) is 31.0 Å². The van der Waals surface area contributed by atoms with Gasteiger partial charge in [-0.2, -0.15) is 0 Å². The molecule has 1 aromatic rings. The molecule has 0 atom stereocenters. The molecule has 1 N–H and O–H groups in total. The Hall–Kier alpha value is -2.28. The lowest BCUT2D eigenvalue weighted by atomic mass is 10.2. The summed E-state index contributed by atoms with van der Waals surface area (Å²) < 4.78 is 0. The Labute approximate surface area is 113 Å². The first-order valence-electron chi connectivity index (χ1n) is 6.23. The predicted octanol–water partition coefficient (Wildman–Crippen LogP) is 1.29. The second-order valence-electron chi connectivity index (χ2n) is 4.07. The van der Waals surface area contributed by atoms with Gasteiger partial charge < -0.3 is 10.2 Å². The molecule has 4 nitrogen and oxygen atoms in total. The van der Waals surface area contributed by atoms with Crippen LogP contribution in [0.3, 0.4) is 0 Å². The van der Waals surface area contributed by atoms with E-state index in [0.29, 0.717) is 12.1 Å². The molecule has 0 aromatic heterocycles. The zero-order valence-electron chi connectivity index (χ0n) is 11.1. The first-order chi connectivity index (χ1) is 9.19. The van der Waals surface area contributed by atoms with Crippen LogP contribution >= 0.6 is 0 Å². The molecular formula is C15H18N2O2. The van der Waals surface area contributed by atoms with Crippen LogP contribution in [0.25, 0.3) is 0 Å². The van der Waals surface area contributed by atoms with Crippen LogP contribution in [0.2, 0.25) is 0 Å². The average Bonchev–Trinajstić information content (AvgIpc) is 2.45. The van der Waals surface area contributed by atoms with E-state index in [9.17, 15) is 9.59 Å². The summed E-state index contributed by atoms with van der Waals surface area (Å²) in [6.45, 7) is 2.81. The Morgan fingerprint density at radius 1 is 1.32 bits per heavy atom. The van der Waals surface area contributed by atoms with Crippen LogP contribution in [-0.2, 0) is 4.79 Å². The molecule has 0 fully saturated rings. The average molecular weight is 258 g/mol. The van der Waals surface area contributed by atoms with Gasteiger partial charge in [0.15, 0.2) is 0 Å². The highest BCUT2D eigenvalue weighted by atomic mass is 16.2. The normalized spacial score (nSPS) is 9.47. The largest absolute Gasteiger partial charge is 0.343 e. The van der Waals surface area contributed by atoms with Crippen molar-refractivity contribution < 1.29 is 9.59 Å². The number of hydrogen-bond donors (Lipinski definition) is 1. The summed E-state index contributed by atoms with van der Waals surface area (Å²) in [5, 5.41) is 2.60. The number of amides is 2. The molecule has 4 heteroatoms. The van der Waals surface area contributed by atoms with Crippen molar-refractivity contribution in [2.45, 2.75) is 13.3 Å². The zero-order chi connectivity index (χ0) is 14.1. The molecule has 0 saturated carbocycles. The highest BCUT2D eigenvalue weighted by molar-refractivity contribution is 5.96. The van der Waals surface area contributed by atoms with Crippen LogP contribution in [0, 0.1) is 12.3 Å². The Balaban J connectivity index is 2.49. The van der Waals surface area contributed by atoms with Crippen molar-refractivity contribution in [2.24, 2.45) is 0 Å². The van der Waals surface area contributed by atoms with Crippen LogP contribution < -0.4 is 5.32 Å². The molecule has 19 heavy (non-hydrogen) atoms. The third-order valence-electron chi connectivity index (χ3n) is 2.56. The number of nitrogens with one attached hydrogen (secondary N) is 1. The fourth-order valence-corrected chi connectivity index (χ4v) is 1.63. The van der Waals surface area contributed by atoms with Gasteiger partial charge in [0.25, 0.3) is 5.91 Å². The number of rotatable bonds is 6. The van der Waals surface area contributed by atoms with Gasteiger partial charge in [-0.3, -0.25) is 9.59 Å². The second kappa shape index (κ2) is 7.93. The topological polar surface area (TPSA) is 49.4 Å². The number of hydrogen-bond acceptors (Lipinski definition) is 2. The summed E-state index contributed by atoms with van der Waals surface area (Å²) >= 11 is 0. The molecule has 0 aliphatic heterocycles. The van der Waals surface area contributed by atoms with Crippen molar-refractivity contribution in [3.05, 3.63) is 35.9 Å². The summed E-state index contributed by atoms with van der Waals surface area (Å²) in [4.78, 5) is 25.2. The van der Waals surface area contributed by atoms with Gasteiger partial charge in [-0.25, -0.2) is 0 Å². The SMILES string of the molecule is C#CCN(CCC)C(=O)CNC(=O)c1ccccc1. The van der Waals surface area contributed by atoms with E-state index < -0.39 is 0 Å². The molecule has 0 saturated heterocycles. The molecular weight excluding hydrogens is 240 g/mol. The van der Waals surface area contributed by atoms with Crippen LogP contribution in [0.4, 0.5) is 0 Å². The fourth-order valence-electron chi connectivity index (χ4n) is 1.63. The monoisotopic (exact) mass is 258 g/mol. The lowest BCUT2D eigenvalue weighted by Gasteiger charge is -2.19. The highest BCUT2D eigenvalue weighted by Gasteiger charge is 2.13. The van der Waals surface area contributed by atoms with Gasteiger partial charge in [0.2, 0.25) is 5.91 Å². The lowest BCUT2D eigenvalue weighted by molar-refractivity contribution is -0.129. The number of carbonyl (C=O) groups is 2. The summed E-state index contributed by atoms with van der Waals surface area (Å²) in [6.07, 6.45) is 6.05. The molecule has 0 spiro atoms. The molecule has 0 bridgehead atoms. The quantitative estimate of drug-likeness (QED) is 0.782. The number of terminal acetylenes is 1. The van der Waals surface area contributed by atoms with Gasteiger partial charge in [0.1, 0.15) is 0 Å². The van der Waals surface area contributed by atoms with Crippen LogP contribution in [0.15, 0.2) is 30.3 Å². The zero-order valence-corrected chi connectivity index (χ0v) is 11.1. The number of carbonyl (C=O) groups excluding carboxylic acids is 2. The Morgan fingerprint density at radius 2 is 2.00 bits per heavy atom. The summed E-state index contributed by atoms with van der Waals surface area (Å²) in [7, 11) is 0. The van der Waals surface area contributed by atoms with Gasteiger partial charge >= 0.3 is 0 Å².